The molecule has 34 heavy (non-hydrogen) atoms. The molecule has 8 heteroatoms. The van der Waals surface area contributed by atoms with Crippen LogP contribution in [0.15, 0.2) is 65.7 Å². The topological polar surface area (TPSA) is 108 Å². The third kappa shape index (κ3) is 4.92. The molecule has 3 amide bonds. The van der Waals surface area contributed by atoms with Gasteiger partial charge in [0.25, 0.3) is 5.91 Å². The van der Waals surface area contributed by atoms with E-state index in [1.807, 2.05) is 24.4 Å². The minimum atomic E-state index is -0.818. The molecule has 0 radical (unpaired) electrons. The molecule has 0 saturated carbocycles. The lowest BCUT2D eigenvalue weighted by molar-refractivity contribution is -0.116. The van der Waals surface area contributed by atoms with Crippen LogP contribution in [0.2, 0.25) is 0 Å². The normalized spacial score (nSPS) is 24.2. The first-order valence-electron chi connectivity index (χ1n) is 11.7. The van der Waals surface area contributed by atoms with Gasteiger partial charge in [0.05, 0.1) is 11.3 Å². The SMILES string of the molecule is CNC(=O)NC1=CC(C2CC=CC(NC(=O)C3=CCC(C(C)(C)O)C=C3)=C2C)Cn2ccnc21. The van der Waals surface area contributed by atoms with Gasteiger partial charge in [-0.3, -0.25) is 4.79 Å². The van der Waals surface area contributed by atoms with E-state index < -0.39 is 5.60 Å². The van der Waals surface area contributed by atoms with Gasteiger partial charge in [-0.25, -0.2) is 9.78 Å². The van der Waals surface area contributed by atoms with Crippen molar-refractivity contribution in [1.82, 2.24) is 25.5 Å². The highest BCUT2D eigenvalue weighted by Gasteiger charge is 2.31. The van der Waals surface area contributed by atoms with Crippen molar-refractivity contribution in [3.63, 3.8) is 0 Å². The van der Waals surface area contributed by atoms with E-state index >= 15 is 0 Å². The zero-order valence-electron chi connectivity index (χ0n) is 20.1. The number of fused-ring (bicyclic) bond motifs is 1. The van der Waals surface area contributed by atoms with Gasteiger partial charge in [-0.05, 0) is 51.2 Å². The molecule has 0 saturated heterocycles. The van der Waals surface area contributed by atoms with Crippen LogP contribution in [0, 0.1) is 17.8 Å². The van der Waals surface area contributed by atoms with E-state index in [9.17, 15) is 14.7 Å². The van der Waals surface area contributed by atoms with Crippen molar-refractivity contribution in [2.45, 2.75) is 45.8 Å². The van der Waals surface area contributed by atoms with E-state index in [-0.39, 0.29) is 29.7 Å². The summed E-state index contributed by atoms with van der Waals surface area (Å²) < 4.78 is 2.05. The number of hydrogen-bond donors (Lipinski definition) is 4. The van der Waals surface area contributed by atoms with Gasteiger partial charge >= 0.3 is 6.03 Å². The second-order valence-corrected chi connectivity index (χ2v) is 9.66. The highest BCUT2D eigenvalue weighted by molar-refractivity contribution is 5.97. The summed E-state index contributed by atoms with van der Waals surface area (Å²) in [7, 11) is 1.58. The predicted octanol–water partition coefficient (Wildman–Crippen LogP) is 3.02. The quantitative estimate of drug-likeness (QED) is 0.538. The first-order valence-corrected chi connectivity index (χ1v) is 11.7. The predicted molar refractivity (Wildman–Crippen MR) is 131 cm³/mol. The Kier molecular flexibility index (Phi) is 6.61. The van der Waals surface area contributed by atoms with Gasteiger partial charge in [-0.15, -0.1) is 0 Å². The third-order valence-corrected chi connectivity index (χ3v) is 6.91. The molecule has 0 aromatic carbocycles. The van der Waals surface area contributed by atoms with Crippen molar-refractivity contribution in [2.24, 2.45) is 17.8 Å². The summed E-state index contributed by atoms with van der Waals surface area (Å²) in [4.78, 5) is 29.3. The van der Waals surface area contributed by atoms with Crippen LogP contribution in [0.1, 0.15) is 39.4 Å². The number of carbonyl (C=O) groups is 2. The second kappa shape index (κ2) is 9.46. The fraction of sp³-hybridized carbons (Fsp3) is 0.423. The maximum absolute atomic E-state index is 12.9. The molecule has 3 aliphatic rings. The number of amides is 3. The Hall–Kier alpha value is -3.39. The van der Waals surface area contributed by atoms with Crippen LogP contribution in [-0.4, -0.2) is 39.2 Å². The molecule has 0 spiro atoms. The molecule has 180 valence electrons. The van der Waals surface area contributed by atoms with Gasteiger partial charge in [-0.1, -0.05) is 30.4 Å². The van der Waals surface area contributed by atoms with Gasteiger partial charge in [0.15, 0.2) is 5.82 Å². The zero-order chi connectivity index (χ0) is 24.5. The van der Waals surface area contributed by atoms with Gasteiger partial charge in [0.1, 0.15) is 0 Å². The molecule has 1 aromatic rings. The molecule has 2 aliphatic carbocycles. The number of nitrogens with one attached hydrogen (secondary N) is 3. The number of nitrogens with zero attached hydrogens (tertiary/aromatic N) is 2. The molecule has 8 nitrogen and oxygen atoms in total. The van der Waals surface area contributed by atoms with Crippen molar-refractivity contribution in [3.05, 3.63) is 71.5 Å². The van der Waals surface area contributed by atoms with Crippen molar-refractivity contribution in [1.29, 1.82) is 0 Å². The van der Waals surface area contributed by atoms with Crippen molar-refractivity contribution in [3.8, 4) is 0 Å². The maximum Gasteiger partial charge on any atom is 0.319 e. The summed E-state index contributed by atoms with van der Waals surface area (Å²) in [6, 6.07) is -0.286. The zero-order valence-corrected chi connectivity index (χ0v) is 20.1. The maximum atomic E-state index is 12.9. The lowest BCUT2D eigenvalue weighted by Gasteiger charge is -2.33. The molecule has 0 fully saturated rings. The van der Waals surface area contributed by atoms with E-state index in [1.165, 1.54) is 0 Å². The summed E-state index contributed by atoms with van der Waals surface area (Å²) >= 11 is 0. The number of aliphatic hydroxyl groups is 1. The van der Waals surface area contributed by atoms with Gasteiger partial charge in [-0.2, -0.15) is 0 Å². The van der Waals surface area contributed by atoms with Gasteiger partial charge in [0.2, 0.25) is 0 Å². The Labute approximate surface area is 200 Å². The number of carbonyl (C=O) groups excluding carboxylic acids is 2. The van der Waals surface area contributed by atoms with Crippen LogP contribution in [0.25, 0.3) is 5.70 Å². The van der Waals surface area contributed by atoms with E-state index in [1.54, 1.807) is 33.2 Å². The van der Waals surface area contributed by atoms with Crippen LogP contribution >= 0.6 is 0 Å². The van der Waals surface area contributed by atoms with E-state index in [0.29, 0.717) is 17.7 Å². The first kappa shape index (κ1) is 23.8. The summed E-state index contributed by atoms with van der Waals surface area (Å²) in [5.41, 5.74) is 2.39. The van der Waals surface area contributed by atoms with Crippen LogP contribution < -0.4 is 16.0 Å². The summed E-state index contributed by atoms with van der Waals surface area (Å²) in [5.74, 6) is 0.887. The van der Waals surface area contributed by atoms with E-state index in [2.05, 4.69) is 44.6 Å². The monoisotopic (exact) mass is 463 g/mol. The molecule has 3 unspecified atom stereocenters. The fourth-order valence-electron chi connectivity index (χ4n) is 4.78. The lowest BCUT2D eigenvalue weighted by atomic mass is 9.79. The number of imidazole rings is 1. The Balaban J connectivity index is 1.51. The molecular weight excluding hydrogens is 430 g/mol. The summed E-state index contributed by atoms with van der Waals surface area (Å²) in [6.45, 7) is 6.37. The fourth-order valence-corrected chi connectivity index (χ4v) is 4.78. The highest BCUT2D eigenvalue weighted by Crippen LogP contribution is 2.36. The minimum Gasteiger partial charge on any atom is -0.390 e. The average molecular weight is 464 g/mol. The standard InChI is InChI=1S/C26H33N5O3/c1-16-20(18-14-22(30-25(33)27-4)23-28-12-13-31(23)15-18)6-5-7-21(16)29-24(32)17-8-10-19(11-9-17)26(2,3)34/h5,7-10,12-14,18-20,34H,6,11,15H2,1-4H3,(H,29,32)(H2,27,30,33). The number of urea groups is 1. The molecule has 1 aromatic heterocycles. The summed E-state index contributed by atoms with van der Waals surface area (Å²) in [5, 5.41) is 18.8. The van der Waals surface area contributed by atoms with E-state index in [4.69, 9.17) is 0 Å². The Bertz CT molecular complexity index is 1130. The van der Waals surface area contributed by atoms with Crippen LogP contribution in [0.4, 0.5) is 4.79 Å². The van der Waals surface area contributed by atoms with Crippen molar-refractivity contribution >= 4 is 17.6 Å². The highest BCUT2D eigenvalue weighted by atomic mass is 16.3. The lowest BCUT2D eigenvalue weighted by Crippen LogP contribution is -2.36. The Morgan fingerprint density at radius 1 is 1.21 bits per heavy atom. The van der Waals surface area contributed by atoms with Gasteiger partial charge < -0.3 is 25.6 Å². The molecular formula is C26H33N5O3. The number of rotatable bonds is 5. The minimum absolute atomic E-state index is 0.00675. The van der Waals surface area contributed by atoms with Crippen LogP contribution in [-0.2, 0) is 11.3 Å². The molecule has 1 aliphatic heterocycles. The molecule has 3 atom stereocenters. The molecule has 4 rings (SSSR count). The Morgan fingerprint density at radius 2 is 2.00 bits per heavy atom. The molecule has 2 heterocycles. The first-order chi connectivity index (χ1) is 16.2. The van der Waals surface area contributed by atoms with Crippen LogP contribution in [0.3, 0.4) is 0 Å². The second-order valence-electron chi connectivity index (χ2n) is 9.66. The van der Waals surface area contributed by atoms with Gasteiger partial charge in [0, 0.05) is 49.1 Å². The number of hydrogen-bond acceptors (Lipinski definition) is 4. The number of allylic oxidation sites excluding steroid dienone is 5. The summed E-state index contributed by atoms with van der Waals surface area (Å²) in [6.07, 6.45) is 16.9. The molecule has 4 N–H and O–H groups in total. The van der Waals surface area contributed by atoms with Crippen molar-refractivity contribution in [2.75, 3.05) is 7.05 Å². The number of aromatic nitrogens is 2. The van der Waals surface area contributed by atoms with Crippen molar-refractivity contribution < 1.29 is 14.7 Å². The molecule has 0 bridgehead atoms. The smallest absolute Gasteiger partial charge is 0.319 e. The third-order valence-electron chi connectivity index (χ3n) is 6.91. The average Bonchev–Trinajstić information content (AvgIpc) is 3.29. The Morgan fingerprint density at radius 3 is 2.68 bits per heavy atom. The van der Waals surface area contributed by atoms with Crippen LogP contribution in [0.5, 0.6) is 0 Å². The van der Waals surface area contributed by atoms with E-state index in [0.717, 1.165) is 30.1 Å². The largest absolute Gasteiger partial charge is 0.390 e.